The van der Waals surface area contributed by atoms with Crippen molar-refractivity contribution >= 4 is 69.0 Å². The van der Waals surface area contributed by atoms with E-state index in [4.69, 9.17) is 42.1 Å². The van der Waals surface area contributed by atoms with Crippen LogP contribution in [-0.4, -0.2) is 68.5 Å². The minimum absolute atomic E-state index is 0.0309. The van der Waals surface area contributed by atoms with Crippen LogP contribution in [-0.2, 0) is 36.8 Å². The Morgan fingerprint density at radius 2 is 1.58 bits per heavy atom. The number of carbonyl (C=O) groups excluding carboxylic acids is 3. The quantitative estimate of drug-likeness (QED) is 0.0914. The number of halogens is 4. The van der Waals surface area contributed by atoms with Crippen molar-refractivity contribution in [2.45, 2.75) is 71.2 Å². The lowest BCUT2D eigenvalue weighted by Crippen LogP contribution is -2.36. The summed E-state index contributed by atoms with van der Waals surface area (Å²) in [4.78, 5) is 43.3. The summed E-state index contributed by atoms with van der Waals surface area (Å²) in [6.45, 7) is 1.92. The summed E-state index contributed by atoms with van der Waals surface area (Å²) in [6.07, 6.45) is 5.47. The lowest BCUT2D eigenvalue weighted by atomic mass is 10.0. The van der Waals surface area contributed by atoms with Gasteiger partial charge in [0.15, 0.2) is 11.5 Å². The molecule has 0 bridgehead atoms. The fourth-order valence-corrected chi connectivity index (χ4v) is 6.80. The SMILES string of the molecule is CC(C)(C)OC(=O)CN(c1ccc(C(=O)SCC(=O)OC(Cc2c(Cl)cncc2Cl)c2ccc(OC(F)F)c(OCC3CC3)c2)cc1OCC1CC1)S(=O)O. The van der Waals surface area contributed by atoms with E-state index in [1.807, 2.05) is 0 Å². The Hall–Kier alpha value is -3.70. The van der Waals surface area contributed by atoms with Gasteiger partial charge in [0.05, 0.1) is 34.7 Å². The first-order chi connectivity index (χ1) is 26.1. The average molecular weight is 846 g/mol. The Morgan fingerprint density at radius 1 is 0.945 bits per heavy atom. The molecule has 5 rings (SSSR count). The van der Waals surface area contributed by atoms with Crippen LogP contribution in [0.25, 0.3) is 0 Å². The number of anilines is 1. The van der Waals surface area contributed by atoms with Gasteiger partial charge in [-0.15, -0.1) is 0 Å². The molecule has 3 aromatic rings. The predicted molar refractivity (Wildman–Crippen MR) is 203 cm³/mol. The number of pyridine rings is 1. The van der Waals surface area contributed by atoms with Gasteiger partial charge in [-0.1, -0.05) is 41.0 Å². The number of rotatable bonds is 19. The smallest absolute Gasteiger partial charge is 0.387 e. The van der Waals surface area contributed by atoms with Gasteiger partial charge in [-0.25, -0.2) is 4.21 Å². The Labute approximate surface area is 333 Å². The largest absolute Gasteiger partial charge is 0.491 e. The van der Waals surface area contributed by atoms with Crippen molar-refractivity contribution in [1.82, 2.24) is 4.98 Å². The number of benzene rings is 2. The first-order valence-corrected chi connectivity index (χ1v) is 20.1. The van der Waals surface area contributed by atoms with Gasteiger partial charge in [-0.05, 0) is 99.7 Å². The predicted octanol–water partition coefficient (Wildman–Crippen LogP) is 8.25. The molecule has 2 aromatic carbocycles. The summed E-state index contributed by atoms with van der Waals surface area (Å²) in [5.74, 6) is -1.44. The van der Waals surface area contributed by atoms with Crippen molar-refractivity contribution in [2.75, 3.05) is 29.8 Å². The Balaban J connectivity index is 1.33. The molecule has 2 aliphatic rings. The second-order valence-corrected chi connectivity index (χ2v) is 16.6. The van der Waals surface area contributed by atoms with E-state index in [1.54, 1.807) is 20.8 Å². The van der Waals surface area contributed by atoms with Crippen LogP contribution in [0.5, 0.6) is 17.2 Å². The maximum absolute atomic E-state index is 13.4. The summed E-state index contributed by atoms with van der Waals surface area (Å²) in [5.41, 5.74) is 0.159. The maximum Gasteiger partial charge on any atom is 0.387 e. The molecule has 0 radical (unpaired) electrons. The van der Waals surface area contributed by atoms with Crippen LogP contribution in [0.4, 0.5) is 14.5 Å². The highest BCUT2D eigenvalue weighted by Crippen LogP contribution is 2.39. The average Bonchev–Trinajstić information content (AvgIpc) is 4.05. The fraction of sp³-hybridized carbons (Fsp3) is 0.459. The number of nitrogens with zero attached hydrogens (tertiary/aromatic N) is 2. The molecule has 0 saturated heterocycles. The Kier molecular flexibility index (Phi) is 14.6. The van der Waals surface area contributed by atoms with E-state index in [0.29, 0.717) is 35.4 Å². The van der Waals surface area contributed by atoms with Crippen LogP contribution < -0.4 is 18.5 Å². The number of carbonyl (C=O) groups is 3. The second-order valence-electron chi connectivity index (χ2n) is 14.0. The Bertz CT molecular complexity index is 1870. The molecule has 12 nitrogen and oxygen atoms in total. The number of aromatic nitrogens is 1. The van der Waals surface area contributed by atoms with Gasteiger partial charge in [0.25, 0.3) is 11.3 Å². The summed E-state index contributed by atoms with van der Waals surface area (Å²) < 4.78 is 77.4. The third-order valence-corrected chi connectivity index (χ3v) is 10.4. The van der Waals surface area contributed by atoms with Crippen molar-refractivity contribution in [3.63, 3.8) is 0 Å². The van der Waals surface area contributed by atoms with Gasteiger partial charge in [-0.2, -0.15) is 8.78 Å². The molecular formula is C37H40Cl2F2N2O10S2. The van der Waals surface area contributed by atoms with E-state index in [-0.39, 0.29) is 57.5 Å². The fourth-order valence-electron chi connectivity index (χ4n) is 5.14. The monoisotopic (exact) mass is 844 g/mol. The lowest BCUT2D eigenvalue weighted by molar-refractivity contribution is -0.152. The van der Waals surface area contributed by atoms with Crippen molar-refractivity contribution in [3.8, 4) is 17.2 Å². The van der Waals surface area contributed by atoms with Gasteiger partial charge in [0.1, 0.15) is 24.0 Å². The molecule has 298 valence electrons. The van der Waals surface area contributed by atoms with E-state index in [2.05, 4.69) is 9.72 Å². The maximum atomic E-state index is 13.4. The van der Waals surface area contributed by atoms with Crippen LogP contribution in [0.15, 0.2) is 48.8 Å². The highest BCUT2D eigenvalue weighted by atomic mass is 35.5. The molecule has 55 heavy (non-hydrogen) atoms. The van der Waals surface area contributed by atoms with Gasteiger partial charge in [-0.3, -0.25) is 28.2 Å². The molecule has 0 spiro atoms. The standard InChI is InChI=1S/C37H40Cl2F2N2O10S2/c1-37(2,3)53-33(44)17-43(55(47)48)28-10-8-24(13-31(28)49-18-21-4-5-21)35(46)54-20-34(45)51-30(14-25-26(38)15-42-16-27(25)39)23-9-11-29(52-36(40)41)32(12-23)50-19-22-6-7-22/h8-13,15-16,21-22,30,36H,4-7,14,17-20H2,1-3H3,(H,47,48). The van der Waals surface area contributed by atoms with E-state index < -0.39 is 58.9 Å². The third kappa shape index (κ3) is 13.2. The number of alkyl halides is 2. The molecule has 2 saturated carbocycles. The van der Waals surface area contributed by atoms with Crippen LogP contribution in [0, 0.1) is 11.8 Å². The lowest BCUT2D eigenvalue weighted by Gasteiger charge is -2.25. The second kappa shape index (κ2) is 19.0. The number of esters is 2. The zero-order chi connectivity index (χ0) is 39.9. The van der Waals surface area contributed by atoms with Crippen LogP contribution in [0.3, 0.4) is 0 Å². The van der Waals surface area contributed by atoms with E-state index in [1.165, 1.54) is 48.8 Å². The number of ether oxygens (including phenoxy) is 5. The molecule has 2 unspecified atom stereocenters. The third-order valence-electron chi connectivity index (χ3n) is 8.18. The normalized spacial score (nSPS) is 15.2. The number of hydrogen-bond acceptors (Lipinski definition) is 11. The zero-order valence-corrected chi connectivity index (χ0v) is 33.3. The molecule has 1 aromatic heterocycles. The van der Waals surface area contributed by atoms with E-state index in [0.717, 1.165) is 30.0 Å². The summed E-state index contributed by atoms with van der Waals surface area (Å²) in [6, 6.07) is 8.36. The molecular weight excluding hydrogens is 805 g/mol. The summed E-state index contributed by atoms with van der Waals surface area (Å²) in [7, 11) is 0. The molecule has 0 amide bonds. The van der Waals surface area contributed by atoms with Crippen LogP contribution in [0.2, 0.25) is 10.0 Å². The van der Waals surface area contributed by atoms with Crippen LogP contribution >= 0.6 is 35.0 Å². The van der Waals surface area contributed by atoms with Gasteiger partial charge in [0, 0.05) is 24.4 Å². The summed E-state index contributed by atoms with van der Waals surface area (Å²) >= 11 is 10.8. The van der Waals surface area contributed by atoms with Crippen molar-refractivity contribution in [3.05, 3.63) is 75.5 Å². The molecule has 2 fully saturated rings. The zero-order valence-electron chi connectivity index (χ0n) is 30.1. The number of thioether (sulfide) groups is 1. The van der Waals surface area contributed by atoms with Crippen molar-refractivity contribution in [1.29, 1.82) is 0 Å². The van der Waals surface area contributed by atoms with Gasteiger partial charge < -0.3 is 23.7 Å². The molecule has 1 heterocycles. The minimum atomic E-state index is -3.10. The summed E-state index contributed by atoms with van der Waals surface area (Å²) in [5, 5.41) is -0.123. The molecule has 1 N–H and O–H groups in total. The first-order valence-electron chi connectivity index (χ1n) is 17.3. The molecule has 18 heteroatoms. The van der Waals surface area contributed by atoms with Gasteiger partial charge in [0.2, 0.25) is 5.12 Å². The van der Waals surface area contributed by atoms with E-state index >= 15 is 0 Å². The highest BCUT2D eigenvalue weighted by Gasteiger charge is 2.29. The van der Waals surface area contributed by atoms with E-state index in [9.17, 15) is 31.9 Å². The van der Waals surface area contributed by atoms with Crippen molar-refractivity contribution < 1.29 is 55.6 Å². The van der Waals surface area contributed by atoms with Crippen molar-refractivity contribution in [2.24, 2.45) is 11.8 Å². The Morgan fingerprint density at radius 3 is 2.16 bits per heavy atom. The van der Waals surface area contributed by atoms with Crippen LogP contribution in [0.1, 0.15) is 74.0 Å². The molecule has 0 aliphatic heterocycles. The van der Waals surface area contributed by atoms with Gasteiger partial charge >= 0.3 is 18.6 Å². The molecule has 2 aliphatic carbocycles. The topological polar surface area (TPSA) is 151 Å². The molecule has 2 atom stereocenters. The first kappa shape index (κ1) is 42.4. The minimum Gasteiger partial charge on any atom is -0.491 e. The number of hydrogen-bond donors (Lipinski definition) is 1. The highest BCUT2D eigenvalue weighted by molar-refractivity contribution is 8.14.